The summed E-state index contributed by atoms with van der Waals surface area (Å²) in [5.74, 6) is -0.907. The molecule has 0 bridgehead atoms. The van der Waals surface area contributed by atoms with Crippen molar-refractivity contribution in [1.82, 2.24) is 24.5 Å². The smallest absolute Gasteiger partial charge is 0.266 e. The lowest BCUT2D eigenvalue weighted by molar-refractivity contribution is 0.0978. The van der Waals surface area contributed by atoms with Gasteiger partial charge in [-0.05, 0) is 63.9 Å². The SMILES string of the molecule is Cc1cc(C)n2nnc(C(=O)NS(=O)(=O)c3c(Br)cccc3Br)c2n1. The van der Waals surface area contributed by atoms with Gasteiger partial charge in [-0.2, -0.15) is 4.52 Å². The van der Waals surface area contributed by atoms with Crippen LogP contribution in [0.3, 0.4) is 0 Å². The lowest BCUT2D eigenvalue weighted by atomic mass is 10.3. The minimum absolute atomic E-state index is 0.0832. The Morgan fingerprint density at radius 1 is 1.20 bits per heavy atom. The highest BCUT2D eigenvalue weighted by molar-refractivity contribution is 9.11. The molecule has 2 heterocycles. The van der Waals surface area contributed by atoms with Crippen molar-refractivity contribution in [2.75, 3.05) is 0 Å². The van der Waals surface area contributed by atoms with Gasteiger partial charge in [0.15, 0.2) is 11.3 Å². The first-order valence-corrected chi connectivity index (χ1v) is 9.98. The summed E-state index contributed by atoms with van der Waals surface area (Å²) in [6.07, 6.45) is 0. The highest BCUT2D eigenvalue weighted by atomic mass is 79.9. The minimum Gasteiger partial charge on any atom is -0.266 e. The average Bonchev–Trinajstić information content (AvgIpc) is 2.90. The van der Waals surface area contributed by atoms with Gasteiger partial charge in [0.2, 0.25) is 0 Å². The molecule has 1 amide bonds. The molecule has 0 saturated carbocycles. The number of sulfonamides is 1. The number of carbonyl (C=O) groups excluding carboxylic acids is 1. The number of nitrogens with zero attached hydrogens (tertiary/aromatic N) is 4. The van der Waals surface area contributed by atoms with Crippen LogP contribution < -0.4 is 4.72 Å². The number of carbonyl (C=O) groups is 1. The fraction of sp³-hybridized carbons (Fsp3) is 0.143. The van der Waals surface area contributed by atoms with Crippen molar-refractivity contribution in [3.05, 3.63) is 50.3 Å². The van der Waals surface area contributed by atoms with E-state index < -0.39 is 15.9 Å². The number of hydrogen-bond acceptors (Lipinski definition) is 6. The van der Waals surface area contributed by atoms with Gasteiger partial charge in [-0.1, -0.05) is 11.3 Å². The zero-order valence-electron chi connectivity index (χ0n) is 13.0. The Balaban J connectivity index is 2.03. The van der Waals surface area contributed by atoms with E-state index >= 15 is 0 Å². The fourth-order valence-corrected chi connectivity index (χ4v) is 5.65. The van der Waals surface area contributed by atoms with Crippen LogP contribution in [-0.4, -0.2) is 34.1 Å². The van der Waals surface area contributed by atoms with Crippen molar-refractivity contribution in [3.63, 3.8) is 0 Å². The molecule has 0 aliphatic heterocycles. The van der Waals surface area contributed by atoms with Gasteiger partial charge in [0, 0.05) is 20.3 Å². The summed E-state index contributed by atoms with van der Waals surface area (Å²) >= 11 is 6.35. The van der Waals surface area contributed by atoms with E-state index in [0.717, 1.165) is 5.69 Å². The Morgan fingerprint density at radius 3 is 2.48 bits per heavy atom. The summed E-state index contributed by atoms with van der Waals surface area (Å²) in [5.41, 5.74) is 1.41. The van der Waals surface area contributed by atoms with Crippen LogP contribution in [-0.2, 0) is 10.0 Å². The van der Waals surface area contributed by atoms with Crippen LogP contribution in [0.5, 0.6) is 0 Å². The lowest BCUT2D eigenvalue weighted by Crippen LogP contribution is -2.31. The maximum Gasteiger partial charge on any atom is 0.289 e. The van der Waals surface area contributed by atoms with E-state index in [1.165, 1.54) is 4.52 Å². The van der Waals surface area contributed by atoms with Crippen LogP contribution in [0.1, 0.15) is 21.9 Å². The van der Waals surface area contributed by atoms with Gasteiger partial charge in [0.05, 0.1) is 0 Å². The van der Waals surface area contributed by atoms with E-state index in [4.69, 9.17) is 0 Å². The maximum absolute atomic E-state index is 12.6. The second-order valence-corrected chi connectivity index (χ2v) is 8.53. The van der Waals surface area contributed by atoms with Crippen molar-refractivity contribution in [1.29, 1.82) is 0 Å². The van der Waals surface area contributed by atoms with Gasteiger partial charge in [-0.25, -0.2) is 18.1 Å². The molecule has 2 aromatic heterocycles. The first-order chi connectivity index (χ1) is 11.7. The van der Waals surface area contributed by atoms with Gasteiger partial charge in [0.1, 0.15) is 4.90 Å². The number of hydrogen-bond donors (Lipinski definition) is 1. The minimum atomic E-state index is -4.13. The molecule has 0 fully saturated rings. The lowest BCUT2D eigenvalue weighted by Gasteiger charge is -2.09. The molecule has 0 aliphatic carbocycles. The highest BCUT2D eigenvalue weighted by Gasteiger charge is 2.27. The van der Waals surface area contributed by atoms with Crippen LogP contribution in [0, 0.1) is 13.8 Å². The zero-order chi connectivity index (χ0) is 18.4. The van der Waals surface area contributed by atoms with Crippen LogP contribution >= 0.6 is 31.9 Å². The summed E-state index contributed by atoms with van der Waals surface area (Å²) in [4.78, 5) is 16.6. The van der Waals surface area contributed by atoms with Gasteiger partial charge in [-0.15, -0.1) is 5.10 Å². The third-order valence-corrected chi connectivity index (χ3v) is 6.59. The molecule has 0 aliphatic rings. The molecule has 25 heavy (non-hydrogen) atoms. The average molecular weight is 489 g/mol. The largest absolute Gasteiger partial charge is 0.289 e. The molecular formula is C14H11Br2N5O3S. The number of amides is 1. The summed E-state index contributed by atoms with van der Waals surface area (Å²) in [7, 11) is -4.13. The maximum atomic E-state index is 12.6. The molecule has 0 spiro atoms. The van der Waals surface area contributed by atoms with Crippen molar-refractivity contribution in [2.24, 2.45) is 0 Å². The predicted octanol–water partition coefficient (Wildman–Crippen LogP) is 2.38. The number of aromatic nitrogens is 4. The third kappa shape index (κ3) is 3.31. The van der Waals surface area contributed by atoms with E-state index in [2.05, 4.69) is 47.2 Å². The summed E-state index contributed by atoms with van der Waals surface area (Å²) in [6, 6.07) is 6.56. The Kier molecular flexibility index (Phi) is 4.64. The highest BCUT2D eigenvalue weighted by Crippen LogP contribution is 2.29. The molecule has 1 N–H and O–H groups in total. The van der Waals surface area contributed by atoms with Crippen molar-refractivity contribution >= 4 is 53.4 Å². The van der Waals surface area contributed by atoms with Crippen molar-refractivity contribution in [2.45, 2.75) is 18.7 Å². The number of rotatable bonds is 3. The standard InChI is InChI=1S/C14H11Br2N5O3S/c1-7-6-8(2)21-13(17-7)11(18-20-21)14(22)19-25(23,24)12-9(15)4-3-5-10(12)16/h3-6H,1-2H3,(H,19,22). The van der Waals surface area contributed by atoms with E-state index in [-0.39, 0.29) is 16.2 Å². The molecule has 0 atom stereocenters. The Hall–Kier alpha value is -1.85. The van der Waals surface area contributed by atoms with Gasteiger partial charge in [-0.3, -0.25) is 4.79 Å². The summed E-state index contributed by atoms with van der Waals surface area (Å²) in [5, 5.41) is 7.62. The van der Waals surface area contributed by atoms with Crippen LogP contribution in [0.25, 0.3) is 5.65 Å². The monoisotopic (exact) mass is 487 g/mol. The van der Waals surface area contributed by atoms with Crippen LogP contribution in [0.4, 0.5) is 0 Å². The molecule has 11 heteroatoms. The molecule has 0 unspecified atom stereocenters. The molecule has 130 valence electrons. The van der Waals surface area contributed by atoms with E-state index in [0.29, 0.717) is 14.6 Å². The molecule has 3 rings (SSSR count). The molecule has 8 nitrogen and oxygen atoms in total. The first kappa shape index (κ1) is 18.0. The molecule has 0 saturated heterocycles. The van der Waals surface area contributed by atoms with Gasteiger partial charge in [0.25, 0.3) is 15.9 Å². The Bertz CT molecular complexity index is 1090. The van der Waals surface area contributed by atoms with E-state index in [1.54, 1.807) is 38.1 Å². The van der Waals surface area contributed by atoms with Crippen LogP contribution in [0.2, 0.25) is 0 Å². The topological polar surface area (TPSA) is 106 Å². The molecule has 1 aromatic carbocycles. The molecule has 3 aromatic rings. The zero-order valence-corrected chi connectivity index (χ0v) is 17.0. The number of nitrogens with one attached hydrogen (secondary N) is 1. The number of benzene rings is 1. The van der Waals surface area contributed by atoms with Crippen molar-refractivity contribution in [3.8, 4) is 0 Å². The molecular weight excluding hydrogens is 478 g/mol. The quantitative estimate of drug-likeness (QED) is 0.606. The number of aryl methyl sites for hydroxylation is 2. The summed E-state index contributed by atoms with van der Waals surface area (Å²) < 4.78 is 29.2. The Labute approximate surface area is 160 Å². The van der Waals surface area contributed by atoms with E-state index in [1.807, 2.05) is 4.72 Å². The molecule has 0 radical (unpaired) electrons. The van der Waals surface area contributed by atoms with Crippen LogP contribution in [0.15, 0.2) is 38.1 Å². The third-order valence-electron chi connectivity index (χ3n) is 3.31. The summed E-state index contributed by atoms with van der Waals surface area (Å²) in [6.45, 7) is 3.55. The Morgan fingerprint density at radius 2 is 1.84 bits per heavy atom. The van der Waals surface area contributed by atoms with Crippen molar-refractivity contribution < 1.29 is 13.2 Å². The normalized spacial score (nSPS) is 11.7. The van der Waals surface area contributed by atoms with E-state index in [9.17, 15) is 13.2 Å². The predicted molar refractivity (Wildman–Crippen MR) is 96.8 cm³/mol. The fourth-order valence-electron chi connectivity index (χ4n) is 2.29. The van der Waals surface area contributed by atoms with Gasteiger partial charge >= 0.3 is 0 Å². The second kappa shape index (κ2) is 6.46. The first-order valence-electron chi connectivity index (χ1n) is 6.91. The number of halogens is 2. The van der Waals surface area contributed by atoms with Gasteiger partial charge < -0.3 is 0 Å². The second-order valence-electron chi connectivity index (χ2n) is 5.20. The number of fused-ring (bicyclic) bond motifs is 1.